The van der Waals surface area contributed by atoms with E-state index in [0.717, 1.165) is 24.5 Å². The van der Waals surface area contributed by atoms with Crippen molar-refractivity contribution in [3.8, 4) is 0 Å². The molecule has 0 unspecified atom stereocenters. The molecule has 21 heavy (non-hydrogen) atoms. The number of aromatic nitrogens is 2. The molecule has 8 heteroatoms. The molecule has 3 heterocycles. The van der Waals surface area contributed by atoms with Crippen molar-refractivity contribution in [3.05, 3.63) is 36.1 Å². The zero-order valence-corrected chi connectivity index (χ0v) is 13.0. The zero-order valence-electron chi connectivity index (χ0n) is 11.3. The van der Waals surface area contributed by atoms with Gasteiger partial charge < -0.3 is 4.90 Å². The lowest BCUT2D eigenvalue weighted by Gasteiger charge is -2.24. The maximum Gasteiger partial charge on any atom is 0.242 e. The second-order valence-corrected chi connectivity index (χ2v) is 7.48. The monoisotopic (exact) mass is 324 g/mol. The quantitative estimate of drug-likeness (QED) is 0.902. The molecular formula is C13H16N4O2S2. The molecule has 0 radical (unpaired) electrons. The molecule has 1 fully saturated rings. The van der Waals surface area contributed by atoms with Crippen LogP contribution in [-0.4, -0.2) is 37.5 Å². The van der Waals surface area contributed by atoms with Crippen LogP contribution in [0, 0.1) is 0 Å². The molecule has 1 N–H and O–H groups in total. The van der Waals surface area contributed by atoms with Crippen molar-refractivity contribution in [2.75, 3.05) is 18.0 Å². The summed E-state index contributed by atoms with van der Waals surface area (Å²) >= 11 is 1.58. The van der Waals surface area contributed by atoms with Gasteiger partial charge in [-0.1, -0.05) is 0 Å². The Morgan fingerprint density at radius 3 is 3.05 bits per heavy atom. The highest BCUT2D eigenvalue weighted by Gasteiger charge is 2.27. The maximum absolute atomic E-state index is 12.2. The van der Waals surface area contributed by atoms with Crippen LogP contribution in [-0.2, 0) is 10.0 Å². The van der Waals surface area contributed by atoms with Crippen LogP contribution in [0.2, 0.25) is 0 Å². The van der Waals surface area contributed by atoms with Crippen molar-refractivity contribution < 1.29 is 8.42 Å². The summed E-state index contributed by atoms with van der Waals surface area (Å²) in [6.45, 7) is 1.31. The van der Waals surface area contributed by atoms with Crippen LogP contribution < -0.4 is 9.62 Å². The van der Waals surface area contributed by atoms with Gasteiger partial charge in [-0.25, -0.2) is 18.1 Å². The third kappa shape index (κ3) is 3.22. The Morgan fingerprint density at radius 2 is 2.33 bits per heavy atom. The topological polar surface area (TPSA) is 75.2 Å². The summed E-state index contributed by atoms with van der Waals surface area (Å²) in [7, 11) is -3.50. The van der Waals surface area contributed by atoms with Crippen LogP contribution in [0.4, 0.5) is 5.13 Å². The maximum atomic E-state index is 12.2. The lowest BCUT2D eigenvalue weighted by Crippen LogP contribution is -2.40. The van der Waals surface area contributed by atoms with Gasteiger partial charge in [0, 0.05) is 43.1 Å². The Morgan fingerprint density at radius 1 is 1.43 bits per heavy atom. The van der Waals surface area contributed by atoms with E-state index in [1.807, 2.05) is 5.38 Å². The lowest BCUT2D eigenvalue weighted by atomic mass is 10.2. The minimum absolute atomic E-state index is 0.155. The number of thiazole rings is 1. The minimum atomic E-state index is -3.50. The average molecular weight is 324 g/mol. The third-order valence-corrected chi connectivity index (χ3v) is 5.71. The van der Waals surface area contributed by atoms with E-state index in [1.165, 1.54) is 6.20 Å². The first-order valence-electron chi connectivity index (χ1n) is 6.73. The Labute approximate surface area is 127 Å². The van der Waals surface area contributed by atoms with Crippen LogP contribution in [0.5, 0.6) is 0 Å². The number of hydrogen-bond donors (Lipinski definition) is 1. The Balaban J connectivity index is 1.67. The highest BCUT2D eigenvalue weighted by Crippen LogP contribution is 2.26. The average Bonchev–Trinajstić information content (AvgIpc) is 3.17. The van der Waals surface area contributed by atoms with Crippen molar-refractivity contribution in [2.24, 2.45) is 0 Å². The highest BCUT2D eigenvalue weighted by atomic mass is 32.2. The number of anilines is 1. The largest absolute Gasteiger partial charge is 0.344 e. The molecule has 1 atom stereocenters. The number of nitrogens with zero attached hydrogens (tertiary/aromatic N) is 3. The lowest BCUT2D eigenvalue weighted by molar-refractivity contribution is 0.566. The highest BCUT2D eigenvalue weighted by molar-refractivity contribution is 7.89. The standard InChI is InChI=1S/C13H16N4O2S2/c18-21(19,12-4-1-5-14-10-12)16-9-11-3-2-7-17(11)13-15-6-8-20-13/h1,4-6,8,10-11,16H,2-3,7,9H2/t11-/m1/s1. The van der Waals surface area contributed by atoms with Gasteiger partial charge in [0.05, 0.1) is 0 Å². The molecule has 0 aromatic carbocycles. The van der Waals surface area contributed by atoms with E-state index in [9.17, 15) is 8.42 Å². The Kier molecular flexibility index (Phi) is 4.18. The van der Waals surface area contributed by atoms with Crippen LogP contribution in [0.1, 0.15) is 12.8 Å². The van der Waals surface area contributed by atoms with Crippen molar-refractivity contribution in [1.82, 2.24) is 14.7 Å². The zero-order chi connectivity index (χ0) is 14.7. The van der Waals surface area contributed by atoms with Gasteiger partial charge in [0.15, 0.2) is 5.13 Å². The van der Waals surface area contributed by atoms with Gasteiger partial charge in [-0.2, -0.15) is 0 Å². The Bertz CT molecular complexity index is 673. The minimum Gasteiger partial charge on any atom is -0.344 e. The fourth-order valence-electron chi connectivity index (χ4n) is 2.45. The van der Waals surface area contributed by atoms with Crippen LogP contribution >= 0.6 is 11.3 Å². The van der Waals surface area contributed by atoms with Crippen LogP contribution in [0.15, 0.2) is 41.0 Å². The van der Waals surface area contributed by atoms with Gasteiger partial charge in [0.25, 0.3) is 0 Å². The number of nitrogens with one attached hydrogen (secondary N) is 1. The van der Waals surface area contributed by atoms with E-state index >= 15 is 0 Å². The summed E-state index contributed by atoms with van der Waals surface area (Å²) in [5.41, 5.74) is 0. The van der Waals surface area contributed by atoms with Gasteiger partial charge >= 0.3 is 0 Å². The number of pyridine rings is 1. The summed E-state index contributed by atoms with van der Waals surface area (Å²) in [5.74, 6) is 0. The first kappa shape index (κ1) is 14.4. The molecule has 6 nitrogen and oxygen atoms in total. The molecular weight excluding hydrogens is 308 g/mol. The van der Waals surface area contributed by atoms with Crippen molar-refractivity contribution in [1.29, 1.82) is 0 Å². The second-order valence-electron chi connectivity index (χ2n) is 4.84. The summed E-state index contributed by atoms with van der Waals surface area (Å²) in [4.78, 5) is 10.5. The van der Waals surface area contributed by atoms with E-state index in [-0.39, 0.29) is 10.9 Å². The molecule has 0 spiro atoms. The van der Waals surface area contributed by atoms with Gasteiger partial charge in [0.2, 0.25) is 10.0 Å². The van der Waals surface area contributed by atoms with Gasteiger partial charge in [0.1, 0.15) is 4.90 Å². The van der Waals surface area contributed by atoms with Crippen LogP contribution in [0.25, 0.3) is 0 Å². The summed E-state index contributed by atoms with van der Waals surface area (Å²) in [5, 5.41) is 2.89. The van der Waals surface area contributed by atoms with E-state index in [0.29, 0.717) is 6.54 Å². The van der Waals surface area contributed by atoms with E-state index in [1.54, 1.807) is 35.9 Å². The molecule has 2 aromatic heterocycles. The molecule has 112 valence electrons. The summed E-state index contributed by atoms with van der Waals surface area (Å²) in [6, 6.07) is 3.32. The van der Waals surface area contributed by atoms with E-state index in [4.69, 9.17) is 0 Å². The number of hydrogen-bond acceptors (Lipinski definition) is 6. The first-order valence-corrected chi connectivity index (χ1v) is 9.09. The predicted octanol–water partition coefficient (Wildman–Crippen LogP) is 1.49. The molecule has 1 aliphatic heterocycles. The molecule has 3 rings (SSSR count). The SMILES string of the molecule is O=S(=O)(NC[C@H]1CCCN1c1nccs1)c1cccnc1. The first-order chi connectivity index (χ1) is 10.2. The fourth-order valence-corrected chi connectivity index (χ4v) is 4.23. The van der Waals surface area contributed by atoms with Gasteiger partial charge in [-0.3, -0.25) is 4.98 Å². The molecule has 0 saturated carbocycles. The van der Waals surface area contributed by atoms with Gasteiger partial charge in [-0.05, 0) is 25.0 Å². The molecule has 0 aliphatic carbocycles. The Hall–Kier alpha value is -1.51. The number of rotatable bonds is 5. The summed E-state index contributed by atoms with van der Waals surface area (Å²) < 4.78 is 27.1. The number of sulfonamides is 1. The third-order valence-electron chi connectivity index (χ3n) is 3.50. The van der Waals surface area contributed by atoms with Gasteiger partial charge in [-0.15, -0.1) is 11.3 Å². The second kappa shape index (κ2) is 6.08. The molecule has 0 amide bonds. The summed E-state index contributed by atoms with van der Waals surface area (Å²) in [6.07, 6.45) is 6.71. The fraction of sp³-hybridized carbons (Fsp3) is 0.385. The normalized spacial score (nSPS) is 19.0. The molecule has 1 saturated heterocycles. The molecule has 2 aromatic rings. The predicted molar refractivity (Wildman–Crippen MR) is 81.9 cm³/mol. The van der Waals surface area contributed by atoms with Crippen molar-refractivity contribution in [2.45, 2.75) is 23.8 Å². The van der Waals surface area contributed by atoms with E-state index < -0.39 is 10.0 Å². The van der Waals surface area contributed by atoms with Crippen molar-refractivity contribution in [3.63, 3.8) is 0 Å². The molecule has 0 bridgehead atoms. The molecule has 1 aliphatic rings. The van der Waals surface area contributed by atoms with Crippen LogP contribution in [0.3, 0.4) is 0 Å². The van der Waals surface area contributed by atoms with E-state index in [2.05, 4.69) is 19.6 Å². The van der Waals surface area contributed by atoms with Crippen molar-refractivity contribution >= 4 is 26.5 Å². The smallest absolute Gasteiger partial charge is 0.242 e.